The van der Waals surface area contributed by atoms with Crippen molar-refractivity contribution in [3.8, 4) is 11.4 Å². The summed E-state index contributed by atoms with van der Waals surface area (Å²) < 4.78 is 16.1. The number of aromatic nitrogens is 5. The van der Waals surface area contributed by atoms with Gasteiger partial charge in [0.2, 0.25) is 0 Å². The standard InChI is InChI=1S/C20H19FN6O/c1-12-9-16(20(23-10-12)18-14(21)4-3-13(2)24-18)25-15-5-6-22-17-11-27(7-8-28)26-19(15)17/h3-6,9-11,25,28H,7-8H2,1-2H3. The smallest absolute Gasteiger partial charge is 0.151 e. The van der Waals surface area contributed by atoms with Crippen molar-refractivity contribution < 1.29 is 9.50 Å². The number of hydrogen-bond donors (Lipinski definition) is 2. The van der Waals surface area contributed by atoms with Crippen molar-refractivity contribution in [2.45, 2.75) is 20.4 Å². The van der Waals surface area contributed by atoms with Gasteiger partial charge >= 0.3 is 0 Å². The van der Waals surface area contributed by atoms with E-state index in [0.29, 0.717) is 40.3 Å². The van der Waals surface area contributed by atoms with Gasteiger partial charge in [-0.1, -0.05) is 0 Å². The molecule has 0 aliphatic rings. The third kappa shape index (κ3) is 3.41. The number of pyridine rings is 3. The summed E-state index contributed by atoms with van der Waals surface area (Å²) in [5.41, 5.74) is 4.94. The molecule has 0 saturated carbocycles. The number of hydrogen-bond acceptors (Lipinski definition) is 6. The molecule has 0 spiro atoms. The number of aryl methyl sites for hydroxylation is 2. The second kappa shape index (κ2) is 7.32. The predicted octanol–water partition coefficient (Wildman–Crippen LogP) is 3.38. The van der Waals surface area contributed by atoms with E-state index in [1.165, 1.54) is 6.07 Å². The average molecular weight is 378 g/mol. The number of nitrogens with one attached hydrogen (secondary N) is 1. The Morgan fingerprint density at radius 1 is 1.11 bits per heavy atom. The highest BCUT2D eigenvalue weighted by atomic mass is 19.1. The average Bonchev–Trinajstić information content (AvgIpc) is 3.08. The quantitative estimate of drug-likeness (QED) is 0.553. The fourth-order valence-corrected chi connectivity index (χ4v) is 2.99. The summed E-state index contributed by atoms with van der Waals surface area (Å²) in [4.78, 5) is 13.1. The molecule has 4 aromatic rings. The zero-order valence-electron chi connectivity index (χ0n) is 15.5. The van der Waals surface area contributed by atoms with Crippen LogP contribution in [0.1, 0.15) is 11.3 Å². The fraction of sp³-hybridized carbons (Fsp3) is 0.200. The Morgan fingerprint density at radius 2 is 1.96 bits per heavy atom. The molecule has 2 N–H and O–H groups in total. The summed E-state index contributed by atoms with van der Waals surface area (Å²) in [6.07, 6.45) is 5.13. The van der Waals surface area contributed by atoms with E-state index in [0.717, 1.165) is 5.56 Å². The van der Waals surface area contributed by atoms with E-state index in [4.69, 9.17) is 5.11 Å². The minimum Gasteiger partial charge on any atom is -0.394 e. The van der Waals surface area contributed by atoms with Crippen LogP contribution in [0.15, 0.2) is 42.9 Å². The van der Waals surface area contributed by atoms with Crippen molar-refractivity contribution in [2.24, 2.45) is 0 Å². The summed E-state index contributed by atoms with van der Waals surface area (Å²) in [6, 6.07) is 6.71. The normalized spacial score (nSPS) is 11.1. The molecule has 0 saturated heterocycles. The maximum absolute atomic E-state index is 14.4. The van der Waals surface area contributed by atoms with Crippen LogP contribution in [0.3, 0.4) is 0 Å². The van der Waals surface area contributed by atoms with Gasteiger partial charge in [0.05, 0.1) is 30.7 Å². The van der Waals surface area contributed by atoms with Crippen molar-refractivity contribution in [3.63, 3.8) is 0 Å². The highest BCUT2D eigenvalue weighted by molar-refractivity contribution is 5.91. The molecule has 0 amide bonds. The Labute approximate surface area is 160 Å². The summed E-state index contributed by atoms with van der Waals surface area (Å²) in [6.45, 7) is 4.09. The van der Waals surface area contributed by atoms with Crippen LogP contribution in [-0.4, -0.2) is 36.4 Å². The molecular weight excluding hydrogens is 359 g/mol. The van der Waals surface area contributed by atoms with Crippen LogP contribution >= 0.6 is 0 Å². The maximum atomic E-state index is 14.4. The van der Waals surface area contributed by atoms with Crippen LogP contribution in [0.5, 0.6) is 0 Å². The summed E-state index contributed by atoms with van der Waals surface area (Å²) in [7, 11) is 0. The zero-order chi connectivity index (χ0) is 19.7. The third-order valence-corrected chi connectivity index (χ3v) is 4.28. The molecule has 0 radical (unpaired) electrons. The largest absolute Gasteiger partial charge is 0.394 e. The van der Waals surface area contributed by atoms with E-state index in [9.17, 15) is 4.39 Å². The molecule has 0 aliphatic carbocycles. The van der Waals surface area contributed by atoms with Crippen LogP contribution in [0, 0.1) is 19.7 Å². The molecule has 0 aliphatic heterocycles. The minimum absolute atomic E-state index is 0.0129. The molecule has 8 heteroatoms. The van der Waals surface area contributed by atoms with Crippen molar-refractivity contribution >= 4 is 22.4 Å². The lowest BCUT2D eigenvalue weighted by atomic mass is 10.1. The van der Waals surface area contributed by atoms with Gasteiger partial charge in [0.15, 0.2) is 5.82 Å². The molecular formula is C20H19FN6O. The van der Waals surface area contributed by atoms with Crippen LogP contribution in [0.25, 0.3) is 22.4 Å². The SMILES string of the molecule is Cc1cnc(-c2nc(C)ccc2F)c(Nc2ccnc3cn(CCO)nc23)c1. The van der Waals surface area contributed by atoms with Crippen molar-refractivity contribution in [1.82, 2.24) is 24.7 Å². The molecule has 28 heavy (non-hydrogen) atoms. The van der Waals surface area contributed by atoms with Gasteiger partial charge in [-0.05, 0) is 43.7 Å². The summed E-state index contributed by atoms with van der Waals surface area (Å²) in [5, 5.41) is 16.9. The van der Waals surface area contributed by atoms with Gasteiger partial charge < -0.3 is 10.4 Å². The van der Waals surface area contributed by atoms with Gasteiger partial charge in [0.25, 0.3) is 0 Å². The maximum Gasteiger partial charge on any atom is 0.151 e. The number of anilines is 2. The molecule has 4 aromatic heterocycles. The first-order valence-electron chi connectivity index (χ1n) is 8.85. The number of halogens is 1. The monoisotopic (exact) mass is 378 g/mol. The van der Waals surface area contributed by atoms with E-state index < -0.39 is 5.82 Å². The minimum atomic E-state index is -0.433. The second-order valence-electron chi connectivity index (χ2n) is 6.53. The summed E-state index contributed by atoms with van der Waals surface area (Å²) in [5.74, 6) is -0.433. The lowest BCUT2D eigenvalue weighted by Gasteiger charge is -2.13. The van der Waals surface area contributed by atoms with Crippen LogP contribution in [-0.2, 0) is 6.54 Å². The molecule has 0 atom stereocenters. The van der Waals surface area contributed by atoms with Crippen LogP contribution in [0.4, 0.5) is 15.8 Å². The molecule has 4 rings (SSSR count). The van der Waals surface area contributed by atoms with E-state index in [2.05, 4.69) is 25.4 Å². The first-order chi connectivity index (χ1) is 13.5. The fourth-order valence-electron chi connectivity index (χ4n) is 2.99. The number of rotatable bonds is 5. The molecule has 0 bridgehead atoms. The van der Waals surface area contributed by atoms with E-state index in [1.54, 1.807) is 35.4 Å². The van der Waals surface area contributed by atoms with Gasteiger partial charge in [-0.15, -0.1) is 0 Å². The Morgan fingerprint density at radius 3 is 2.79 bits per heavy atom. The van der Waals surface area contributed by atoms with Crippen LogP contribution < -0.4 is 5.32 Å². The Bertz CT molecular complexity index is 1160. The first kappa shape index (κ1) is 18.0. The van der Waals surface area contributed by atoms with E-state index >= 15 is 0 Å². The number of fused-ring (bicyclic) bond motifs is 1. The lowest BCUT2D eigenvalue weighted by Crippen LogP contribution is -2.03. The van der Waals surface area contributed by atoms with Gasteiger partial charge in [0.1, 0.15) is 22.4 Å². The molecule has 4 heterocycles. The molecule has 142 valence electrons. The van der Waals surface area contributed by atoms with Crippen molar-refractivity contribution in [3.05, 3.63) is 59.9 Å². The Hall–Kier alpha value is -3.39. The second-order valence-corrected chi connectivity index (χ2v) is 6.53. The molecule has 7 nitrogen and oxygen atoms in total. The van der Waals surface area contributed by atoms with Gasteiger partial charge in [-0.2, -0.15) is 5.10 Å². The van der Waals surface area contributed by atoms with Gasteiger partial charge in [-0.25, -0.2) is 9.37 Å². The van der Waals surface area contributed by atoms with Crippen molar-refractivity contribution in [1.29, 1.82) is 0 Å². The molecule has 0 unspecified atom stereocenters. The van der Waals surface area contributed by atoms with E-state index in [-0.39, 0.29) is 12.3 Å². The van der Waals surface area contributed by atoms with Gasteiger partial charge in [0, 0.05) is 18.1 Å². The Kier molecular flexibility index (Phi) is 4.70. The zero-order valence-corrected chi connectivity index (χ0v) is 15.5. The topological polar surface area (TPSA) is 88.8 Å². The first-order valence-corrected chi connectivity index (χ1v) is 8.85. The summed E-state index contributed by atoms with van der Waals surface area (Å²) >= 11 is 0. The highest BCUT2D eigenvalue weighted by Gasteiger charge is 2.16. The molecule has 0 fully saturated rings. The van der Waals surface area contributed by atoms with Crippen molar-refractivity contribution in [2.75, 3.05) is 11.9 Å². The number of aliphatic hydroxyl groups is 1. The highest BCUT2D eigenvalue weighted by Crippen LogP contribution is 2.31. The van der Waals surface area contributed by atoms with Gasteiger partial charge in [-0.3, -0.25) is 14.6 Å². The van der Waals surface area contributed by atoms with E-state index in [1.807, 2.05) is 19.9 Å². The molecule has 0 aromatic carbocycles. The third-order valence-electron chi connectivity index (χ3n) is 4.28. The Balaban J connectivity index is 1.81. The lowest BCUT2D eigenvalue weighted by molar-refractivity contribution is 0.270. The predicted molar refractivity (Wildman–Crippen MR) is 105 cm³/mol. The number of aliphatic hydroxyl groups excluding tert-OH is 1. The van der Waals surface area contributed by atoms with Crippen LogP contribution in [0.2, 0.25) is 0 Å². The number of nitrogens with zero attached hydrogens (tertiary/aromatic N) is 5.